The number of carbonyl (C=O) groups is 3. The van der Waals surface area contributed by atoms with Gasteiger partial charge in [0.25, 0.3) is 5.91 Å². The Balaban J connectivity index is 0.849. The number of carbonyl (C=O) groups excluding carboxylic acids is 3. The number of hydrogen-bond acceptors (Lipinski definition) is 12. The summed E-state index contributed by atoms with van der Waals surface area (Å²) >= 11 is 6.48. The lowest BCUT2D eigenvalue weighted by molar-refractivity contribution is -0.126. The van der Waals surface area contributed by atoms with Crippen molar-refractivity contribution in [3.8, 4) is 0 Å². The Kier molecular flexibility index (Phi) is 12.4. The fourth-order valence-corrected chi connectivity index (χ4v) is 7.54. The van der Waals surface area contributed by atoms with Crippen LogP contribution in [0.2, 0.25) is 5.02 Å². The number of fused-ring (bicyclic) bond motifs is 2. The van der Waals surface area contributed by atoms with Gasteiger partial charge in [0.2, 0.25) is 17.8 Å². The Labute approximate surface area is 365 Å². The zero-order valence-electron chi connectivity index (χ0n) is 33.9. The van der Waals surface area contributed by atoms with Crippen LogP contribution in [0.5, 0.6) is 0 Å². The van der Waals surface area contributed by atoms with Gasteiger partial charge in [-0.1, -0.05) is 29.5 Å². The predicted octanol–water partition coefficient (Wildman–Crippen LogP) is 3.21. The van der Waals surface area contributed by atoms with Crippen molar-refractivity contribution < 1.29 is 37.0 Å². The van der Waals surface area contributed by atoms with Crippen LogP contribution in [0.15, 0.2) is 76.7 Å². The van der Waals surface area contributed by atoms with Crippen LogP contribution in [-0.4, -0.2) is 94.0 Å². The molecule has 3 N–H and O–H groups in total. The second-order valence-corrected chi connectivity index (χ2v) is 15.4. The molecule has 2 aliphatic rings. The smallest absolute Gasteiger partial charge is 0.355 e. The fourth-order valence-electron chi connectivity index (χ4n) is 7.34. The molecule has 23 heteroatoms. The first-order valence-electron chi connectivity index (χ1n) is 19.7. The van der Waals surface area contributed by atoms with Crippen molar-refractivity contribution in [3.63, 3.8) is 0 Å². The van der Waals surface area contributed by atoms with Gasteiger partial charge in [-0.15, -0.1) is 5.10 Å². The van der Waals surface area contributed by atoms with Crippen LogP contribution in [0.3, 0.4) is 0 Å². The molecule has 3 amide bonds. The van der Waals surface area contributed by atoms with Gasteiger partial charge < -0.3 is 30.3 Å². The molecule has 64 heavy (non-hydrogen) atoms. The van der Waals surface area contributed by atoms with E-state index >= 15 is 0 Å². The molecule has 0 bridgehead atoms. The molecule has 2 aliphatic heterocycles. The maximum absolute atomic E-state index is 14.9. The Morgan fingerprint density at radius 3 is 2.58 bits per heavy atom. The number of amides is 3. The molecule has 1 atom stereocenters. The molecule has 19 nitrogen and oxygen atoms in total. The van der Waals surface area contributed by atoms with E-state index in [1.807, 2.05) is 0 Å². The molecule has 1 saturated heterocycles. The number of aryl methyl sites for hydroxylation is 1. The number of hydrogen-bond donors (Lipinski definition) is 3. The monoisotopic (exact) mass is 902 g/mol. The molecule has 6 aromatic rings. The van der Waals surface area contributed by atoms with Crippen molar-refractivity contribution in [3.05, 3.63) is 133 Å². The maximum Gasteiger partial charge on any atom is 0.355 e. The predicted molar refractivity (Wildman–Crippen MR) is 223 cm³/mol. The number of benzene rings is 3. The molecule has 8 rings (SSSR count). The van der Waals surface area contributed by atoms with Crippen LogP contribution in [0, 0.1) is 17.5 Å². The van der Waals surface area contributed by atoms with Gasteiger partial charge in [-0.05, 0) is 43.2 Å². The minimum atomic E-state index is -1.42. The molecule has 0 aliphatic carbocycles. The molecule has 0 saturated carbocycles. The number of ether oxygens (including phenoxy) is 2. The molecular weight excluding hydrogens is 865 g/mol. The number of allylic oxidation sites excluding steroid dienone is 1. The summed E-state index contributed by atoms with van der Waals surface area (Å²) in [5.41, 5.74) is 0.671. The van der Waals surface area contributed by atoms with Gasteiger partial charge in [0.05, 0.1) is 61.9 Å². The van der Waals surface area contributed by atoms with Crippen LogP contribution in [0.4, 0.5) is 30.5 Å². The Morgan fingerprint density at radius 2 is 1.77 bits per heavy atom. The minimum Gasteiger partial charge on any atom is -0.377 e. The van der Waals surface area contributed by atoms with Crippen LogP contribution >= 0.6 is 11.6 Å². The van der Waals surface area contributed by atoms with Gasteiger partial charge in [0.1, 0.15) is 24.2 Å². The van der Waals surface area contributed by atoms with Crippen molar-refractivity contribution in [1.29, 1.82) is 0 Å². The summed E-state index contributed by atoms with van der Waals surface area (Å²) in [6, 6.07) is 8.48. The van der Waals surface area contributed by atoms with Gasteiger partial charge in [-0.25, -0.2) is 32.0 Å². The number of nitrogens with zero attached hydrogens (tertiary/aromatic N) is 9. The Hall–Kier alpha value is -7.17. The zero-order valence-corrected chi connectivity index (χ0v) is 34.7. The molecule has 5 heterocycles. The average Bonchev–Trinajstić information content (AvgIpc) is 3.95. The summed E-state index contributed by atoms with van der Waals surface area (Å²) < 4.78 is 58.5. The SMILES string of the molecule is C=C1CCC(N2Cc3c(NC(=O)COCCOCCn4cc(Cn5c(=O)nc(Nc6cc7cn(C)nc7cc6Cl)n(Cc6cc(F)c(F)cc6F)c5=O)nn4)cccc3C2=O)C(=O)N1. The summed E-state index contributed by atoms with van der Waals surface area (Å²) in [4.78, 5) is 71.2. The number of anilines is 3. The van der Waals surface area contributed by atoms with E-state index in [2.05, 4.69) is 42.9 Å². The van der Waals surface area contributed by atoms with Crippen LogP contribution in [0.1, 0.15) is 40.0 Å². The highest BCUT2D eigenvalue weighted by atomic mass is 35.5. The van der Waals surface area contributed by atoms with Crippen molar-refractivity contribution >= 4 is 57.5 Å². The number of aromatic nitrogens is 8. The first-order chi connectivity index (χ1) is 30.7. The van der Waals surface area contributed by atoms with E-state index < -0.39 is 59.4 Å². The quantitative estimate of drug-likeness (QED) is 0.0944. The number of nitrogens with one attached hydrogen (secondary N) is 3. The van der Waals surface area contributed by atoms with E-state index in [1.165, 1.54) is 15.8 Å². The van der Waals surface area contributed by atoms with E-state index in [0.29, 0.717) is 58.4 Å². The molecule has 1 unspecified atom stereocenters. The standard InChI is InChI=1S/C41H38ClF3N12O7/c1-22-6-7-35(37(59)46-22)55-20-27-26(38(55)60)4-3-5-32(27)47-36(58)21-64-11-10-63-9-8-54-18-25(50-52-54)19-57-40(61)49-39(48-34-13-24-16-53(2)51-33(24)14-28(34)42)56(41(57)62)17-23-12-30(44)31(45)15-29(23)43/h3-5,12-16,18,35H,1,6-11,17,19-21H2,2H3,(H,46,59)(H,47,58)(H,48,49,61). The van der Waals surface area contributed by atoms with Crippen LogP contribution < -0.4 is 27.3 Å². The molecule has 0 spiro atoms. The summed E-state index contributed by atoms with van der Waals surface area (Å²) in [5.74, 6) is -5.27. The summed E-state index contributed by atoms with van der Waals surface area (Å²) in [6.07, 6.45) is 4.20. The van der Waals surface area contributed by atoms with E-state index in [9.17, 15) is 37.1 Å². The maximum atomic E-state index is 14.9. The molecule has 3 aromatic heterocycles. The highest BCUT2D eigenvalue weighted by Gasteiger charge is 2.39. The summed E-state index contributed by atoms with van der Waals surface area (Å²) in [5, 5.41) is 21.5. The van der Waals surface area contributed by atoms with E-state index in [4.69, 9.17) is 21.1 Å². The van der Waals surface area contributed by atoms with E-state index in [0.717, 1.165) is 9.13 Å². The Morgan fingerprint density at radius 1 is 0.969 bits per heavy atom. The highest BCUT2D eigenvalue weighted by molar-refractivity contribution is 6.34. The number of rotatable bonds is 16. The van der Waals surface area contributed by atoms with Crippen molar-refractivity contribution in [2.75, 3.05) is 37.1 Å². The van der Waals surface area contributed by atoms with Gasteiger partial charge in [0, 0.05) is 59.3 Å². The molecule has 3 aromatic carbocycles. The number of halogens is 4. The first kappa shape index (κ1) is 43.5. The first-order valence-corrected chi connectivity index (χ1v) is 20.1. The van der Waals surface area contributed by atoms with E-state index in [-0.39, 0.29) is 73.7 Å². The van der Waals surface area contributed by atoms with Crippen LogP contribution in [0.25, 0.3) is 10.9 Å². The minimum absolute atomic E-state index is 0.0725. The number of piperidine rings is 1. The topological polar surface area (TPSA) is 214 Å². The largest absolute Gasteiger partial charge is 0.377 e. The second kappa shape index (κ2) is 18.3. The average molecular weight is 903 g/mol. The van der Waals surface area contributed by atoms with Crippen molar-refractivity contribution in [2.24, 2.45) is 7.05 Å². The van der Waals surface area contributed by atoms with Crippen molar-refractivity contribution in [2.45, 2.75) is 45.1 Å². The zero-order chi connectivity index (χ0) is 45.2. The molecule has 0 radical (unpaired) electrons. The van der Waals surface area contributed by atoms with Gasteiger partial charge >= 0.3 is 11.4 Å². The molecule has 1 fully saturated rings. The lowest BCUT2D eigenvalue weighted by atomic mass is 10.0. The molecular formula is C41H38ClF3N12O7. The second-order valence-electron chi connectivity index (χ2n) is 14.9. The lowest BCUT2D eigenvalue weighted by Gasteiger charge is -2.31. The normalized spacial score (nSPS) is 14.9. The highest BCUT2D eigenvalue weighted by Crippen LogP contribution is 2.33. The van der Waals surface area contributed by atoms with Gasteiger partial charge in [0.15, 0.2) is 11.6 Å². The fraction of sp³-hybridized carbons (Fsp3) is 0.293. The molecule has 332 valence electrons. The lowest BCUT2D eigenvalue weighted by Crippen LogP contribution is -2.49. The summed E-state index contributed by atoms with van der Waals surface area (Å²) in [6.45, 7) is 3.15. The van der Waals surface area contributed by atoms with Crippen molar-refractivity contribution in [1.82, 2.24) is 49.1 Å². The van der Waals surface area contributed by atoms with Gasteiger partial charge in [-0.3, -0.25) is 23.6 Å². The Bertz CT molecular complexity index is 2970. The third-order valence-electron chi connectivity index (χ3n) is 10.5. The van der Waals surface area contributed by atoms with Crippen LogP contribution in [-0.2, 0) is 52.3 Å². The third kappa shape index (κ3) is 9.28. The van der Waals surface area contributed by atoms with Gasteiger partial charge in [-0.2, -0.15) is 10.1 Å². The third-order valence-corrected chi connectivity index (χ3v) is 10.8. The summed E-state index contributed by atoms with van der Waals surface area (Å²) in [7, 11) is 1.71. The van der Waals surface area contributed by atoms with E-state index in [1.54, 1.807) is 48.3 Å².